The zero-order valence-corrected chi connectivity index (χ0v) is 17.9. The summed E-state index contributed by atoms with van der Waals surface area (Å²) >= 11 is 6.07. The summed E-state index contributed by atoms with van der Waals surface area (Å²) in [5.74, 6) is 0. The fourth-order valence-electron chi connectivity index (χ4n) is 3.54. The van der Waals surface area contributed by atoms with E-state index in [1.54, 1.807) is 42.6 Å². The van der Waals surface area contributed by atoms with Gasteiger partial charge in [0.1, 0.15) is 0 Å². The average Bonchev–Trinajstić information content (AvgIpc) is 3.08. The summed E-state index contributed by atoms with van der Waals surface area (Å²) < 4.78 is 27.7. The van der Waals surface area contributed by atoms with Crippen LogP contribution in [0.2, 0.25) is 5.02 Å². The molecule has 1 aliphatic rings. The van der Waals surface area contributed by atoms with E-state index in [1.807, 2.05) is 12.1 Å². The van der Waals surface area contributed by atoms with Gasteiger partial charge in [-0.05, 0) is 69.4 Å². The third kappa shape index (κ3) is 4.15. The number of fused-ring (bicyclic) bond motifs is 1. The number of likely N-dealkylation sites (tertiary alicyclic amines) is 1. The van der Waals surface area contributed by atoms with E-state index < -0.39 is 10.0 Å². The number of halogens is 2. The molecule has 0 amide bonds. The highest BCUT2D eigenvalue weighted by Gasteiger charge is 2.21. The molecule has 28 heavy (non-hydrogen) atoms. The molecule has 5 nitrogen and oxygen atoms in total. The maximum atomic E-state index is 13.2. The Morgan fingerprint density at radius 1 is 1.07 bits per heavy atom. The molecule has 0 spiro atoms. The lowest BCUT2D eigenvalue weighted by Gasteiger charge is -2.30. The van der Waals surface area contributed by atoms with Crippen molar-refractivity contribution < 1.29 is 8.42 Å². The molecule has 0 saturated carbocycles. The molecule has 150 valence electrons. The van der Waals surface area contributed by atoms with Gasteiger partial charge in [-0.3, -0.25) is 0 Å². The normalized spacial score (nSPS) is 16.1. The second-order valence-corrected chi connectivity index (χ2v) is 9.32. The van der Waals surface area contributed by atoms with Gasteiger partial charge in [0.15, 0.2) is 0 Å². The summed E-state index contributed by atoms with van der Waals surface area (Å²) in [4.78, 5) is 2.57. The fraction of sp³-hybridized carbons (Fsp3) is 0.300. The molecule has 0 radical (unpaired) electrons. The van der Waals surface area contributed by atoms with E-state index in [4.69, 9.17) is 11.6 Å². The number of benzene rings is 2. The number of hydrogen-bond donors (Lipinski definition) is 1. The molecule has 3 aromatic rings. The molecule has 0 atom stereocenters. The molecule has 1 N–H and O–H groups in total. The van der Waals surface area contributed by atoms with Crippen LogP contribution in [0, 0.1) is 0 Å². The van der Waals surface area contributed by atoms with Gasteiger partial charge in [-0.2, -0.15) is 0 Å². The number of rotatable bonds is 4. The van der Waals surface area contributed by atoms with E-state index in [2.05, 4.69) is 17.3 Å². The first-order valence-corrected chi connectivity index (χ1v) is 10.8. The van der Waals surface area contributed by atoms with Gasteiger partial charge in [0.25, 0.3) is 10.0 Å². The SMILES string of the molecule is CN1CCC(Nc2cccc(S(=O)(=O)n3ccc4ccc(Cl)cc43)c2)CC1.Cl. The Bertz CT molecular complexity index is 1070. The molecule has 1 fully saturated rings. The molecule has 0 bridgehead atoms. The Hall–Kier alpha value is -1.73. The van der Waals surface area contributed by atoms with Gasteiger partial charge in [0.2, 0.25) is 0 Å². The second kappa shape index (κ2) is 8.33. The standard InChI is InChI=1S/C20H22ClN3O2S.ClH/c1-23-10-8-17(9-11-23)22-18-3-2-4-19(14-18)27(25,26)24-12-7-15-5-6-16(21)13-20(15)24;/h2-7,12-14,17,22H,8-11H2,1H3;1H. The van der Waals surface area contributed by atoms with E-state index in [9.17, 15) is 8.42 Å². The molecule has 0 aliphatic carbocycles. The van der Waals surface area contributed by atoms with E-state index in [0.717, 1.165) is 37.0 Å². The Morgan fingerprint density at radius 2 is 1.82 bits per heavy atom. The average molecular weight is 440 g/mol. The minimum absolute atomic E-state index is 0. The number of anilines is 1. The van der Waals surface area contributed by atoms with Crippen molar-refractivity contribution in [2.24, 2.45) is 0 Å². The molecule has 8 heteroatoms. The molecular weight excluding hydrogens is 417 g/mol. The Kier molecular flexibility index (Phi) is 6.25. The molecule has 1 saturated heterocycles. The van der Waals surface area contributed by atoms with Gasteiger partial charge in [0.05, 0.1) is 10.4 Å². The van der Waals surface area contributed by atoms with Crippen LogP contribution in [0.1, 0.15) is 12.8 Å². The highest BCUT2D eigenvalue weighted by atomic mass is 35.5. The Morgan fingerprint density at radius 3 is 2.57 bits per heavy atom. The number of nitrogens with zero attached hydrogens (tertiary/aromatic N) is 2. The summed E-state index contributed by atoms with van der Waals surface area (Å²) in [6.45, 7) is 2.09. The van der Waals surface area contributed by atoms with Crippen LogP contribution in [0.25, 0.3) is 10.9 Å². The summed E-state index contributed by atoms with van der Waals surface area (Å²) in [6.07, 6.45) is 3.68. The first kappa shape index (κ1) is 21.0. The van der Waals surface area contributed by atoms with Gasteiger partial charge in [-0.25, -0.2) is 12.4 Å². The lowest BCUT2D eigenvalue weighted by Crippen LogP contribution is -2.36. The summed E-state index contributed by atoms with van der Waals surface area (Å²) in [6, 6.07) is 14.4. The first-order chi connectivity index (χ1) is 12.9. The number of nitrogens with one attached hydrogen (secondary N) is 1. The third-order valence-corrected chi connectivity index (χ3v) is 7.02. The largest absolute Gasteiger partial charge is 0.382 e. The van der Waals surface area contributed by atoms with Crippen LogP contribution in [-0.2, 0) is 10.0 Å². The van der Waals surface area contributed by atoms with E-state index >= 15 is 0 Å². The monoisotopic (exact) mass is 439 g/mol. The predicted molar refractivity (Wildman–Crippen MR) is 117 cm³/mol. The van der Waals surface area contributed by atoms with Crippen LogP contribution in [0.15, 0.2) is 59.6 Å². The van der Waals surface area contributed by atoms with E-state index in [1.165, 1.54) is 3.97 Å². The molecule has 2 heterocycles. The number of piperidine rings is 1. The first-order valence-electron chi connectivity index (χ1n) is 9.01. The van der Waals surface area contributed by atoms with Crippen molar-refractivity contribution >= 4 is 50.6 Å². The van der Waals surface area contributed by atoms with Gasteiger partial charge in [-0.1, -0.05) is 23.7 Å². The maximum Gasteiger partial charge on any atom is 0.268 e. The van der Waals surface area contributed by atoms with Crippen molar-refractivity contribution in [2.75, 3.05) is 25.5 Å². The van der Waals surface area contributed by atoms with Crippen molar-refractivity contribution in [1.82, 2.24) is 8.87 Å². The van der Waals surface area contributed by atoms with Crippen LogP contribution >= 0.6 is 24.0 Å². The predicted octanol–water partition coefficient (Wildman–Crippen LogP) is 4.46. The molecule has 0 unspecified atom stereocenters. The van der Waals surface area contributed by atoms with Gasteiger partial charge >= 0.3 is 0 Å². The second-order valence-electron chi connectivity index (χ2n) is 7.07. The van der Waals surface area contributed by atoms with E-state index in [0.29, 0.717) is 16.6 Å². The lowest BCUT2D eigenvalue weighted by molar-refractivity contribution is 0.264. The zero-order chi connectivity index (χ0) is 19.0. The van der Waals surface area contributed by atoms with E-state index in [-0.39, 0.29) is 17.3 Å². The zero-order valence-electron chi connectivity index (χ0n) is 15.5. The summed E-state index contributed by atoms with van der Waals surface area (Å²) in [5, 5.41) is 4.83. The molecule has 2 aromatic carbocycles. The Balaban J connectivity index is 0.00000225. The third-order valence-electron chi connectivity index (χ3n) is 5.10. The maximum absolute atomic E-state index is 13.2. The van der Waals surface area contributed by atoms with Gasteiger partial charge in [0, 0.05) is 28.3 Å². The number of hydrogen-bond acceptors (Lipinski definition) is 4. The minimum Gasteiger partial charge on any atom is -0.382 e. The smallest absolute Gasteiger partial charge is 0.268 e. The number of aromatic nitrogens is 1. The highest BCUT2D eigenvalue weighted by Crippen LogP contribution is 2.26. The van der Waals surface area contributed by atoms with Crippen LogP contribution in [0.4, 0.5) is 5.69 Å². The van der Waals surface area contributed by atoms with Crippen LogP contribution in [0.5, 0.6) is 0 Å². The van der Waals surface area contributed by atoms with Crippen molar-refractivity contribution in [1.29, 1.82) is 0 Å². The van der Waals surface area contributed by atoms with Crippen molar-refractivity contribution in [2.45, 2.75) is 23.8 Å². The van der Waals surface area contributed by atoms with Gasteiger partial charge < -0.3 is 10.2 Å². The topological polar surface area (TPSA) is 54.3 Å². The molecular formula is C20H23Cl2N3O2S. The summed E-state index contributed by atoms with van der Waals surface area (Å²) in [5.41, 5.74) is 1.41. The Labute approximate surface area is 176 Å². The highest BCUT2D eigenvalue weighted by molar-refractivity contribution is 7.90. The van der Waals surface area contributed by atoms with Crippen LogP contribution in [0.3, 0.4) is 0 Å². The molecule has 1 aliphatic heterocycles. The summed E-state index contributed by atoms with van der Waals surface area (Å²) in [7, 11) is -1.58. The van der Waals surface area contributed by atoms with Crippen molar-refractivity contribution in [3.8, 4) is 0 Å². The fourth-order valence-corrected chi connectivity index (χ4v) is 5.09. The van der Waals surface area contributed by atoms with Crippen molar-refractivity contribution in [3.63, 3.8) is 0 Å². The minimum atomic E-state index is -3.70. The van der Waals surface area contributed by atoms with Crippen LogP contribution < -0.4 is 5.32 Å². The lowest BCUT2D eigenvalue weighted by atomic mass is 10.1. The molecule has 4 rings (SSSR count). The van der Waals surface area contributed by atoms with Crippen molar-refractivity contribution in [3.05, 3.63) is 59.8 Å². The molecule has 1 aromatic heterocycles. The van der Waals surface area contributed by atoms with Gasteiger partial charge in [-0.15, -0.1) is 12.4 Å². The van der Waals surface area contributed by atoms with Crippen LogP contribution in [-0.4, -0.2) is 43.5 Å². The quantitative estimate of drug-likeness (QED) is 0.651.